The predicted octanol–water partition coefficient (Wildman–Crippen LogP) is -0.350. The SMILES string of the molecule is CN1C(=O)/C(=c2\s/c(=c3/s/c(=C/C(F)=C4/Sc5ccccc5N4CCCS(=O)(=O)O)c(=O)n3CC(=O)O)c(=O)n2CC(=O)O)N(CC(=O)O)C1=S. The molecule has 0 unspecified atom stereocenters. The van der Waals surface area contributed by atoms with Gasteiger partial charge in [-0.1, -0.05) is 23.9 Å². The van der Waals surface area contributed by atoms with Crippen molar-refractivity contribution in [1.29, 1.82) is 0 Å². The Bertz CT molecular complexity index is 2520. The molecule has 5 rings (SSSR count). The van der Waals surface area contributed by atoms with Crippen LogP contribution in [0.3, 0.4) is 0 Å². The van der Waals surface area contributed by atoms with E-state index in [9.17, 15) is 57.1 Å². The lowest BCUT2D eigenvalue weighted by molar-refractivity contribution is -0.138. The summed E-state index contributed by atoms with van der Waals surface area (Å²) in [5.74, 6) is -6.89. The third-order valence-electron chi connectivity index (χ3n) is 7.22. The van der Waals surface area contributed by atoms with Crippen molar-refractivity contribution in [3.8, 4) is 0 Å². The molecule has 0 spiro atoms. The van der Waals surface area contributed by atoms with Crippen LogP contribution in [-0.4, -0.2) is 102 Å². The molecule has 0 saturated carbocycles. The number of aliphatic carboxylic acids is 3. The summed E-state index contributed by atoms with van der Waals surface area (Å²) in [6.07, 6.45) is 0.731. The number of hydrogen-bond acceptors (Lipinski definition) is 13. The molecular weight excluding hydrogens is 778 g/mol. The number of carbonyl (C=O) groups is 4. The molecule has 2 aliphatic heterocycles. The summed E-state index contributed by atoms with van der Waals surface area (Å²) in [5.41, 5.74) is -2.00. The first-order valence-corrected chi connectivity index (χ1v) is 18.7. The number of thiocarbonyl (C=S) groups is 1. The van der Waals surface area contributed by atoms with Crippen LogP contribution < -0.4 is 25.2 Å². The maximum atomic E-state index is 16.1. The Morgan fingerprint density at radius 2 is 1.51 bits per heavy atom. The molecule has 1 amide bonds. The first kappa shape index (κ1) is 37.6. The fraction of sp³-hybridized carbons (Fsp3) is 0.250. The highest BCUT2D eigenvalue weighted by molar-refractivity contribution is 8.03. The number of allylic oxidation sites excluding steroid dienone is 1. The number of rotatable bonds is 11. The van der Waals surface area contributed by atoms with Gasteiger partial charge in [-0.25, -0.2) is 4.39 Å². The smallest absolute Gasteiger partial charge is 0.323 e. The zero-order valence-corrected chi connectivity index (χ0v) is 29.9. The minimum absolute atomic E-state index is 0.0392. The molecule has 3 aromatic rings. The summed E-state index contributed by atoms with van der Waals surface area (Å²) < 4.78 is 47.8. The molecule has 0 aliphatic carbocycles. The van der Waals surface area contributed by atoms with Crippen LogP contribution in [0.4, 0.5) is 10.1 Å². The number of benzene rings is 1. The molecule has 270 valence electrons. The van der Waals surface area contributed by atoms with Gasteiger partial charge >= 0.3 is 17.9 Å². The Morgan fingerprint density at radius 1 is 0.902 bits per heavy atom. The van der Waals surface area contributed by atoms with Crippen LogP contribution in [0.15, 0.2) is 49.6 Å². The van der Waals surface area contributed by atoms with Crippen molar-refractivity contribution in [3.63, 3.8) is 0 Å². The molecule has 2 aliphatic rings. The van der Waals surface area contributed by atoms with E-state index >= 15 is 4.39 Å². The number of hydrogen-bond donors (Lipinski definition) is 4. The second-order valence-electron chi connectivity index (χ2n) is 10.7. The van der Waals surface area contributed by atoms with Gasteiger partial charge in [0.15, 0.2) is 10.9 Å². The minimum Gasteiger partial charge on any atom is -0.480 e. The van der Waals surface area contributed by atoms with Crippen LogP contribution >= 0.6 is 46.7 Å². The molecule has 1 aromatic carbocycles. The van der Waals surface area contributed by atoms with Gasteiger partial charge in [0, 0.05) is 18.5 Å². The third-order valence-corrected chi connectivity index (χ3v) is 12.1. The number of amides is 1. The number of aromatic nitrogens is 2. The second kappa shape index (κ2) is 14.5. The maximum Gasteiger partial charge on any atom is 0.323 e. The van der Waals surface area contributed by atoms with Crippen molar-refractivity contribution in [3.05, 3.63) is 74.2 Å². The Labute approximate surface area is 302 Å². The Morgan fingerprint density at radius 3 is 2.12 bits per heavy atom. The fourth-order valence-electron chi connectivity index (χ4n) is 5.11. The lowest BCUT2D eigenvalue weighted by Gasteiger charge is -2.20. The number of carboxylic acids is 3. The standard InChI is InChI=1S/C28H24FN5O12S5/c1-30-23(42)20(32(28(30)47)10-17(35)36)26-34(12-19(39)40)24(43)21(50-26)27-33(11-18(37)38)22(41)16(49-27)9-13(29)25-31(7-4-8-51(44,45)46)14-5-2-3-6-15(14)48-25/h2-3,5-6,9H,4,7-8,10-12H2,1H3,(H,35,36)(H,37,38)(H,39,40)(H,44,45,46)/b16-9+,25-13-,26-20+,27-21+. The minimum atomic E-state index is -4.32. The monoisotopic (exact) mass is 801 g/mol. The number of fused-ring (bicyclic) bond motifs is 1. The number of likely N-dealkylation sites (N-methyl/N-ethyl adjacent to an activating group) is 1. The van der Waals surface area contributed by atoms with Crippen molar-refractivity contribution >= 4 is 103 Å². The Balaban J connectivity index is 1.81. The van der Waals surface area contributed by atoms with Gasteiger partial charge in [0.1, 0.15) is 44.2 Å². The van der Waals surface area contributed by atoms with E-state index in [-0.39, 0.29) is 37.0 Å². The van der Waals surface area contributed by atoms with E-state index < -0.39 is 86.5 Å². The van der Waals surface area contributed by atoms with Gasteiger partial charge in [0.2, 0.25) is 0 Å². The molecule has 1 fully saturated rings. The van der Waals surface area contributed by atoms with Crippen molar-refractivity contribution in [2.45, 2.75) is 24.4 Å². The van der Waals surface area contributed by atoms with Gasteiger partial charge in [-0.2, -0.15) is 8.42 Å². The lowest BCUT2D eigenvalue weighted by atomic mass is 10.3. The Hall–Kier alpha value is -4.68. The van der Waals surface area contributed by atoms with Gasteiger partial charge in [0.25, 0.3) is 27.1 Å². The zero-order valence-electron chi connectivity index (χ0n) is 25.8. The largest absolute Gasteiger partial charge is 0.480 e. The zero-order chi connectivity index (χ0) is 37.5. The summed E-state index contributed by atoms with van der Waals surface area (Å²) >= 11 is 7.18. The summed E-state index contributed by atoms with van der Waals surface area (Å²) in [6.45, 7) is -2.89. The molecule has 0 radical (unpaired) electrons. The van der Waals surface area contributed by atoms with E-state index in [0.717, 1.165) is 27.6 Å². The van der Waals surface area contributed by atoms with E-state index in [1.165, 1.54) is 11.9 Å². The average molecular weight is 802 g/mol. The number of carbonyl (C=O) groups excluding carboxylic acids is 1. The highest BCUT2D eigenvalue weighted by Crippen LogP contribution is 2.47. The lowest BCUT2D eigenvalue weighted by Crippen LogP contribution is -2.37. The first-order chi connectivity index (χ1) is 23.9. The number of nitrogens with zero attached hydrogens (tertiary/aromatic N) is 5. The van der Waals surface area contributed by atoms with Crippen molar-refractivity contribution in [2.75, 3.05) is 30.8 Å². The van der Waals surface area contributed by atoms with Crippen LogP contribution in [-0.2, 0) is 42.4 Å². The van der Waals surface area contributed by atoms with Crippen LogP contribution in [0, 0.1) is 9.20 Å². The van der Waals surface area contributed by atoms with Gasteiger partial charge in [0.05, 0.1) is 16.0 Å². The highest BCUT2D eigenvalue weighted by atomic mass is 32.2. The van der Waals surface area contributed by atoms with Crippen LogP contribution in [0.5, 0.6) is 0 Å². The first-order valence-electron chi connectivity index (χ1n) is 14.2. The Kier molecular flexibility index (Phi) is 10.7. The molecule has 1 saturated heterocycles. The number of halogens is 1. The van der Waals surface area contributed by atoms with Gasteiger partial charge in [-0.3, -0.25) is 52.3 Å². The molecule has 4 heterocycles. The maximum absolute atomic E-state index is 16.1. The molecule has 0 atom stereocenters. The second-order valence-corrected chi connectivity index (χ2v) is 15.7. The van der Waals surface area contributed by atoms with Crippen molar-refractivity contribution < 1.29 is 51.9 Å². The van der Waals surface area contributed by atoms with Crippen molar-refractivity contribution in [1.82, 2.24) is 18.9 Å². The molecule has 2 aromatic heterocycles. The molecule has 4 N–H and O–H groups in total. The number of para-hydroxylation sites is 1. The van der Waals surface area contributed by atoms with Crippen molar-refractivity contribution in [2.24, 2.45) is 0 Å². The van der Waals surface area contributed by atoms with Gasteiger partial charge in [-0.05, 0) is 36.8 Å². The normalized spacial score (nSPS) is 17.8. The summed E-state index contributed by atoms with van der Waals surface area (Å²) in [7, 11) is -3.07. The molecule has 17 nitrogen and oxygen atoms in total. The summed E-state index contributed by atoms with van der Waals surface area (Å²) in [4.78, 5) is 79.8. The third kappa shape index (κ3) is 7.67. The number of anilines is 1. The topological polar surface area (TPSA) is 237 Å². The molecule has 51 heavy (non-hydrogen) atoms. The fourth-order valence-corrected chi connectivity index (χ4v) is 9.33. The van der Waals surface area contributed by atoms with Gasteiger partial charge in [-0.15, -0.1) is 22.7 Å². The number of thioether (sulfide) groups is 1. The molecule has 23 heteroatoms. The van der Waals surface area contributed by atoms with Crippen LogP contribution in [0.2, 0.25) is 0 Å². The highest BCUT2D eigenvalue weighted by Gasteiger charge is 2.39. The number of carboxylic acid groups (broad SMARTS) is 3. The summed E-state index contributed by atoms with van der Waals surface area (Å²) in [5, 5.41) is 28.4. The van der Waals surface area contributed by atoms with E-state index in [1.54, 1.807) is 24.3 Å². The molecular formula is C28H24FN5O12S5. The van der Waals surface area contributed by atoms with Crippen LogP contribution in [0.1, 0.15) is 6.42 Å². The predicted molar refractivity (Wildman–Crippen MR) is 186 cm³/mol. The van der Waals surface area contributed by atoms with E-state index in [2.05, 4.69) is 0 Å². The average Bonchev–Trinajstić information content (AvgIpc) is 3.71. The number of thiazole rings is 2. The van der Waals surface area contributed by atoms with E-state index in [1.807, 2.05) is 0 Å². The van der Waals surface area contributed by atoms with Gasteiger partial charge < -0.3 is 20.2 Å². The quantitative estimate of drug-likeness (QED) is 0.143. The summed E-state index contributed by atoms with van der Waals surface area (Å²) in [6, 6.07) is 6.71. The van der Waals surface area contributed by atoms with E-state index in [4.69, 9.17) is 12.2 Å². The molecule has 0 bridgehead atoms. The van der Waals surface area contributed by atoms with Crippen LogP contribution in [0.25, 0.3) is 11.8 Å². The van der Waals surface area contributed by atoms with E-state index in [0.29, 0.717) is 42.4 Å².